The number of furan rings is 1. The zero-order valence-corrected chi connectivity index (χ0v) is 19.1. The molecule has 1 aliphatic heterocycles. The minimum absolute atomic E-state index is 0.0173. The third-order valence-electron chi connectivity index (χ3n) is 5.72. The number of hydrogen-bond donors (Lipinski definition) is 1. The van der Waals surface area contributed by atoms with Crippen LogP contribution in [-0.4, -0.2) is 26.7 Å². The number of benzene rings is 2. The molecule has 0 bridgehead atoms. The van der Waals surface area contributed by atoms with E-state index in [0.29, 0.717) is 21.7 Å². The number of carbonyl (C=O) groups excluding carboxylic acids is 2. The average Bonchev–Trinajstić information content (AvgIpc) is 3.46. The topological polar surface area (TPSA) is 127 Å². The Hall–Kier alpha value is -4.38. The monoisotopic (exact) mass is 493 g/mol. The van der Waals surface area contributed by atoms with Crippen LogP contribution in [0.25, 0.3) is 16.0 Å². The first kappa shape index (κ1) is 22.4. The number of Topliss-reactive ketones (excluding diaryl/α,β-unsaturated/α-hetero) is 1. The standard InChI is InChI=1S/C24H16FN3O6S/c1-11-9-15(12(2)34-11)21(29)19-20(14-5-3-4-6-16(14)25)27(23(31)22(19)30)24-26-17-8-7-13(28(32)33)10-18(17)35-24/h3-10,20,29H,1-2H3. The van der Waals surface area contributed by atoms with Crippen molar-refractivity contribution in [2.75, 3.05) is 4.90 Å². The largest absolute Gasteiger partial charge is 0.507 e. The van der Waals surface area contributed by atoms with E-state index in [2.05, 4.69) is 4.98 Å². The Labute approximate surface area is 200 Å². The number of aromatic nitrogens is 1. The number of ketones is 1. The van der Waals surface area contributed by atoms with Crippen LogP contribution in [0, 0.1) is 29.8 Å². The van der Waals surface area contributed by atoms with Gasteiger partial charge in [-0.15, -0.1) is 0 Å². The van der Waals surface area contributed by atoms with Crippen LogP contribution < -0.4 is 4.90 Å². The van der Waals surface area contributed by atoms with Gasteiger partial charge >= 0.3 is 5.91 Å². The minimum Gasteiger partial charge on any atom is -0.507 e. The van der Waals surface area contributed by atoms with E-state index >= 15 is 0 Å². The number of nitro benzene ring substituents is 1. The molecule has 0 spiro atoms. The maximum atomic E-state index is 15.0. The number of anilines is 1. The quantitative estimate of drug-likeness (QED) is 0.136. The van der Waals surface area contributed by atoms with E-state index in [4.69, 9.17) is 4.42 Å². The number of hydrogen-bond acceptors (Lipinski definition) is 8. The summed E-state index contributed by atoms with van der Waals surface area (Å²) in [6.45, 7) is 3.26. The molecule has 1 unspecified atom stereocenters. The Bertz CT molecular complexity index is 1590. The fraction of sp³-hybridized carbons (Fsp3) is 0.125. The number of fused-ring (bicyclic) bond motifs is 1. The lowest BCUT2D eigenvalue weighted by Gasteiger charge is -2.23. The van der Waals surface area contributed by atoms with Crippen molar-refractivity contribution in [3.05, 3.63) is 92.7 Å². The number of aryl methyl sites for hydroxylation is 2. The maximum Gasteiger partial charge on any atom is 0.301 e. The maximum absolute atomic E-state index is 15.0. The van der Waals surface area contributed by atoms with Crippen molar-refractivity contribution in [2.24, 2.45) is 0 Å². The molecule has 2 aromatic heterocycles. The van der Waals surface area contributed by atoms with E-state index in [9.17, 15) is 29.2 Å². The summed E-state index contributed by atoms with van der Waals surface area (Å²) in [5.74, 6) is -2.40. The predicted octanol–water partition coefficient (Wildman–Crippen LogP) is 5.18. The van der Waals surface area contributed by atoms with Gasteiger partial charge in [-0.2, -0.15) is 0 Å². The molecule has 0 aliphatic carbocycles. The fourth-order valence-electron chi connectivity index (χ4n) is 4.15. The van der Waals surface area contributed by atoms with Gasteiger partial charge in [0, 0.05) is 17.7 Å². The summed E-state index contributed by atoms with van der Waals surface area (Å²) >= 11 is 0.945. The lowest BCUT2D eigenvalue weighted by Crippen LogP contribution is -2.29. The molecular formula is C24H16FN3O6S. The number of nitro groups is 1. The number of thiazole rings is 1. The molecule has 1 fully saturated rings. The van der Waals surface area contributed by atoms with Gasteiger partial charge in [0.1, 0.15) is 29.1 Å². The lowest BCUT2D eigenvalue weighted by molar-refractivity contribution is -0.384. The highest BCUT2D eigenvalue weighted by Crippen LogP contribution is 2.45. The van der Waals surface area contributed by atoms with Crippen LogP contribution in [0.4, 0.5) is 15.2 Å². The number of halogens is 1. The molecule has 2 aromatic carbocycles. The molecule has 176 valence electrons. The number of non-ortho nitro benzene ring substituents is 1. The summed E-state index contributed by atoms with van der Waals surface area (Å²) in [7, 11) is 0. The second kappa shape index (κ2) is 8.13. The number of nitrogens with zero attached hydrogens (tertiary/aromatic N) is 3. The van der Waals surface area contributed by atoms with E-state index in [-0.39, 0.29) is 27.5 Å². The van der Waals surface area contributed by atoms with E-state index in [0.717, 1.165) is 16.2 Å². The van der Waals surface area contributed by atoms with Gasteiger partial charge in [-0.1, -0.05) is 29.5 Å². The third kappa shape index (κ3) is 3.56. The highest BCUT2D eigenvalue weighted by Gasteiger charge is 2.49. The van der Waals surface area contributed by atoms with Crippen molar-refractivity contribution < 1.29 is 28.4 Å². The van der Waals surface area contributed by atoms with Crippen molar-refractivity contribution in [1.29, 1.82) is 0 Å². The number of carbonyl (C=O) groups is 2. The van der Waals surface area contributed by atoms with Gasteiger partial charge in [-0.25, -0.2) is 9.37 Å². The number of aliphatic hydroxyl groups is 1. The fourth-order valence-corrected chi connectivity index (χ4v) is 5.17. The van der Waals surface area contributed by atoms with Gasteiger partial charge in [0.2, 0.25) is 0 Å². The van der Waals surface area contributed by atoms with Gasteiger partial charge < -0.3 is 9.52 Å². The zero-order chi connectivity index (χ0) is 25.0. The second-order valence-electron chi connectivity index (χ2n) is 7.92. The highest BCUT2D eigenvalue weighted by molar-refractivity contribution is 7.22. The first-order valence-electron chi connectivity index (χ1n) is 10.3. The predicted molar refractivity (Wildman–Crippen MR) is 126 cm³/mol. The molecule has 1 saturated heterocycles. The minimum atomic E-state index is -1.32. The van der Waals surface area contributed by atoms with Crippen molar-refractivity contribution in [1.82, 2.24) is 4.98 Å². The first-order valence-corrected chi connectivity index (χ1v) is 11.2. The van der Waals surface area contributed by atoms with E-state index < -0.39 is 34.2 Å². The van der Waals surface area contributed by atoms with Crippen molar-refractivity contribution in [3.63, 3.8) is 0 Å². The normalized spacial score (nSPS) is 17.5. The molecule has 1 amide bonds. The summed E-state index contributed by atoms with van der Waals surface area (Å²) in [4.78, 5) is 42.4. The SMILES string of the molecule is Cc1cc(C(O)=C2C(=O)C(=O)N(c3nc4ccc([N+](=O)[O-])cc4s3)C2c2ccccc2F)c(C)o1. The summed E-state index contributed by atoms with van der Waals surface area (Å²) in [6.07, 6.45) is 0. The van der Waals surface area contributed by atoms with Crippen LogP contribution in [0.3, 0.4) is 0 Å². The van der Waals surface area contributed by atoms with Crippen LogP contribution in [0.5, 0.6) is 0 Å². The Balaban J connectivity index is 1.75. The van der Waals surface area contributed by atoms with Crippen molar-refractivity contribution in [3.8, 4) is 0 Å². The van der Waals surface area contributed by atoms with Gasteiger partial charge in [0.25, 0.3) is 11.5 Å². The Morgan fingerprint density at radius 1 is 1.20 bits per heavy atom. The van der Waals surface area contributed by atoms with Gasteiger partial charge in [-0.05, 0) is 32.0 Å². The summed E-state index contributed by atoms with van der Waals surface area (Å²) in [6, 6.07) is 9.83. The average molecular weight is 493 g/mol. The molecule has 1 N–H and O–H groups in total. The third-order valence-corrected chi connectivity index (χ3v) is 6.74. The molecule has 5 rings (SSSR count). The summed E-state index contributed by atoms with van der Waals surface area (Å²) < 4.78 is 20.9. The van der Waals surface area contributed by atoms with E-state index in [1.165, 1.54) is 42.5 Å². The number of aliphatic hydroxyl groups excluding tert-OH is 1. The van der Waals surface area contributed by atoms with Crippen LogP contribution in [-0.2, 0) is 9.59 Å². The molecule has 3 heterocycles. The molecule has 0 radical (unpaired) electrons. The van der Waals surface area contributed by atoms with E-state index in [1.807, 2.05) is 0 Å². The molecule has 11 heteroatoms. The van der Waals surface area contributed by atoms with Crippen LogP contribution >= 0.6 is 11.3 Å². The van der Waals surface area contributed by atoms with Crippen LogP contribution in [0.2, 0.25) is 0 Å². The smallest absolute Gasteiger partial charge is 0.301 e. The zero-order valence-electron chi connectivity index (χ0n) is 18.3. The van der Waals surface area contributed by atoms with Gasteiger partial charge in [-0.3, -0.25) is 24.6 Å². The molecule has 4 aromatic rings. The Morgan fingerprint density at radius 2 is 1.94 bits per heavy atom. The lowest BCUT2D eigenvalue weighted by atomic mass is 9.95. The molecule has 1 aliphatic rings. The Kier molecular flexibility index (Phi) is 5.21. The summed E-state index contributed by atoms with van der Waals surface area (Å²) in [5, 5.41) is 22.3. The Morgan fingerprint density at radius 3 is 2.60 bits per heavy atom. The van der Waals surface area contributed by atoms with Crippen LogP contribution in [0.1, 0.15) is 28.7 Å². The number of rotatable bonds is 4. The second-order valence-corrected chi connectivity index (χ2v) is 8.93. The van der Waals surface area contributed by atoms with Crippen LogP contribution in [0.15, 0.2) is 58.5 Å². The number of amides is 1. The van der Waals surface area contributed by atoms with Gasteiger partial charge in [0.05, 0.1) is 26.3 Å². The molecule has 0 saturated carbocycles. The molecular weight excluding hydrogens is 477 g/mol. The molecule has 1 atom stereocenters. The van der Waals surface area contributed by atoms with E-state index in [1.54, 1.807) is 19.9 Å². The van der Waals surface area contributed by atoms with Crippen molar-refractivity contribution in [2.45, 2.75) is 19.9 Å². The molecule has 9 nitrogen and oxygen atoms in total. The highest BCUT2D eigenvalue weighted by atomic mass is 32.1. The van der Waals surface area contributed by atoms with Crippen molar-refractivity contribution >= 4 is 49.8 Å². The first-order chi connectivity index (χ1) is 16.7. The molecule has 35 heavy (non-hydrogen) atoms. The summed E-state index contributed by atoms with van der Waals surface area (Å²) in [5.41, 5.74) is 0.0876. The van der Waals surface area contributed by atoms with Gasteiger partial charge in [0.15, 0.2) is 5.13 Å².